The van der Waals surface area contributed by atoms with E-state index in [1.165, 1.54) is 11.8 Å². The van der Waals surface area contributed by atoms with Crippen LogP contribution in [-0.4, -0.2) is 46.9 Å². The molecule has 3 aromatic carbocycles. The van der Waals surface area contributed by atoms with Gasteiger partial charge >= 0.3 is 0 Å². The molecule has 1 fully saturated rings. The van der Waals surface area contributed by atoms with Gasteiger partial charge in [0.25, 0.3) is 9.70 Å². The number of rotatable bonds is 9. The van der Waals surface area contributed by atoms with Gasteiger partial charge in [-0.05, 0) is 50.4 Å². The molecule has 1 aliphatic rings. The normalized spacial score (nSPS) is 19.0. The number of nitrogens with zero attached hydrogens (tertiary/aromatic N) is 4. The number of alkyl halides is 3. The highest BCUT2D eigenvalue weighted by Gasteiger charge is 2.33. The molecule has 220 valence electrons. The molecule has 2 N–H and O–H groups in total. The molecule has 3 atom stereocenters. The van der Waals surface area contributed by atoms with Crippen LogP contribution in [0.25, 0.3) is 11.1 Å². The average Bonchev–Trinajstić information content (AvgIpc) is 3.42. The Labute approximate surface area is 262 Å². The molecule has 0 saturated carbocycles. The number of thioether (sulfide) groups is 1. The van der Waals surface area contributed by atoms with Gasteiger partial charge in [0, 0.05) is 31.3 Å². The minimum atomic E-state index is -2.02. The van der Waals surface area contributed by atoms with Crippen molar-refractivity contribution >= 4 is 52.5 Å². The Morgan fingerprint density at radius 1 is 1.02 bits per heavy atom. The maximum atomic E-state index is 12.0. The Kier molecular flexibility index (Phi) is 10.1. The van der Waals surface area contributed by atoms with Crippen molar-refractivity contribution in [2.75, 3.05) is 5.75 Å². The van der Waals surface area contributed by atoms with Gasteiger partial charge in [0.1, 0.15) is 0 Å². The highest BCUT2D eigenvalue weighted by Crippen LogP contribution is 2.40. The standard InChI is InChI=1S/C29H28Cl3N5O4S/c1-37-28(34-35-36-37)42-17-24-14-25(20-10-8-18(16-38)9-11-20)41-26(40-24)23-7-3-6-22(13-23)21-5-2-4-19(12-21)15-33-27(39)29(30,31)32/h2-13,24-26,38H,14-17H2,1H3,(H,33,39)/t24-,25+,26+/m1/s1. The number of amides is 1. The summed E-state index contributed by atoms with van der Waals surface area (Å²) < 4.78 is 12.6. The van der Waals surface area contributed by atoms with Crippen LogP contribution in [0.15, 0.2) is 78.0 Å². The zero-order chi connectivity index (χ0) is 29.7. The number of hydrogen-bond acceptors (Lipinski definition) is 8. The third-order valence-electron chi connectivity index (χ3n) is 6.72. The number of tetrazole rings is 1. The molecule has 1 amide bonds. The largest absolute Gasteiger partial charge is 0.392 e. The lowest BCUT2D eigenvalue weighted by Crippen LogP contribution is -2.33. The minimum absolute atomic E-state index is 0.0180. The Hall–Kier alpha value is -2.70. The zero-order valence-corrected chi connectivity index (χ0v) is 25.6. The molecule has 9 nitrogen and oxygen atoms in total. The van der Waals surface area contributed by atoms with Gasteiger partial charge in [-0.3, -0.25) is 4.79 Å². The van der Waals surface area contributed by atoms with Gasteiger partial charge in [-0.15, -0.1) is 5.10 Å². The lowest BCUT2D eigenvalue weighted by atomic mass is 9.99. The number of aromatic nitrogens is 4. The molecule has 42 heavy (non-hydrogen) atoms. The van der Waals surface area contributed by atoms with E-state index in [4.69, 9.17) is 44.3 Å². The van der Waals surface area contributed by atoms with Crippen molar-refractivity contribution in [3.8, 4) is 11.1 Å². The van der Waals surface area contributed by atoms with Gasteiger partial charge in [-0.1, -0.05) is 107 Å². The fourth-order valence-corrected chi connectivity index (χ4v) is 5.61. The quantitative estimate of drug-likeness (QED) is 0.176. The summed E-state index contributed by atoms with van der Waals surface area (Å²) in [7, 11) is 1.80. The number of aryl methyl sites for hydroxylation is 1. The first-order valence-corrected chi connectivity index (χ1v) is 15.2. The fourth-order valence-electron chi connectivity index (χ4n) is 4.54. The number of nitrogens with one attached hydrogen (secondary N) is 1. The minimum Gasteiger partial charge on any atom is -0.392 e. The molecule has 13 heteroatoms. The van der Waals surface area contributed by atoms with Gasteiger partial charge in [0.05, 0.1) is 18.8 Å². The van der Waals surface area contributed by atoms with Crippen molar-refractivity contribution in [1.82, 2.24) is 25.5 Å². The number of benzene rings is 3. The zero-order valence-electron chi connectivity index (χ0n) is 22.5. The van der Waals surface area contributed by atoms with E-state index >= 15 is 0 Å². The van der Waals surface area contributed by atoms with E-state index in [0.29, 0.717) is 17.3 Å². The summed E-state index contributed by atoms with van der Waals surface area (Å²) in [5, 5.41) is 24.5. The topological polar surface area (TPSA) is 111 Å². The smallest absolute Gasteiger partial charge is 0.272 e. The maximum Gasteiger partial charge on any atom is 0.272 e. The van der Waals surface area contributed by atoms with Crippen molar-refractivity contribution < 1.29 is 19.4 Å². The Bertz CT molecular complexity index is 1520. The lowest BCUT2D eigenvalue weighted by molar-refractivity contribution is -0.245. The summed E-state index contributed by atoms with van der Waals surface area (Å²) in [5.41, 5.74) is 5.48. The molecule has 2 heterocycles. The second-order valence-corrected chi connectivity index (χ2v) is 13.0. The molecule has 5 rings (SSSR count). The van der Waals surface area contributed by atoms with Crippen LogP contribution in [0.1, 0.15) is 41.1 Å². The number of ether oxygens (including phenoxy) is 2. The van der Waals surface area contributed by atoms with E-state index in [2.05, 4.69) is 20.8 Å². The summed E-state index contributed by atoms with van der Waals surface area (Å²) in [5.74, 6) is -0.0452. The van der Waals surface area contributed by atoms with Crippen molar-refractivity contribution in [1.29, 1.82) is 0 Å². The second kappa shape index (κ2) is 13.7. The summed E-state index contributed by atoms with van der Waals surface area (Å²) >= 11 is 18.5. The van der Waals surface area contributed by atoms with E-state index in [1.807, 2.05) is 72.8 Å². The molecule has 4 aromatic rings. The van der Waals surface area contributed by atoms with Gasteiger partial charge in [-0.2, -0.15) is 0 Å². The van der Waals surface area contributed by atoms with Gasteiger partial charge in [-0.25, -0.2) is 4.68 Å². The number of aliphatic hydroxyl groups is 1. The van der Waals surface area contributed by atoms with Crippen molar-refractivity contribution in [3.05, 3.63) is 95.1 Å². The molecule has 1 saturated heterocycles. The number of aliphatic hydroxyl groups excluding tert-OH is 1. The van der Waals surface area contributed by atoms with Crippen LogP contribution in [-0.2, 0) is 34.5 Å². The number of hydrogen-bond donors (Lipinski definition) is 2. The predicted molar refractivity (Wildman–Crippen MR) is 162 cm³/mol. The van der Waals surface area contributed by atoms with Crippen LogP contribution >= 0.6 is 46.6 Å². The molecule has 0 spiro atoms. The molecular formula is C29H28Cl3N5O4S. The monoisotopic (exact) mass is 647 g/mol. The Morgan fingerprint density at radius 2 is 1.76 bits per heavy atom. The van der Waals surface area contributed by atoms with Crippen molar-refractivity contribution in [2.24, 2.45) is 7.05 Å². The van der Waals surface area contributed by atoms with Crippen LogP contribution < -0.4 is 5.32 Å². The van der Waals surface area contributed by atoms with Gasteiger partial charge < -0.3 is 19.9 Å². The first kappa shape index (κ1) is 30.7. The SMILES string of the molecule is Cn1nnnc1SC[C@H]1C[C@@H](c2ccc(CO)cc2)O[C@@H](c2cccc(-c3cccc(CNC(=O)C(Cl)(Cl)Cl)c3)c2)O1. The fraction of sp³-hybridized carbons (Fsp3) is 0.310. The van der Waals surface area contributed by atoms with Crippen LogP contribution in [0.5, 0.6) is 0 Å². The van der Waals surface area contributed by atoms with Crippen molar-refractivity contribution in [3.63, 3.8) is 0 Å². The van der Waals surface area contributed by atoms with Gasteiger partial charge in [0.15, 0.2) is 6.29 Å². The highest BCUT2D eigenvalue weighted by molar-refractivity contribution is 7.99. The first-order chi connectivity index (χ1) is 20.2. The summed E-state index contributed by atoms with van der Waals surface area (Å²) in [6.07, 6.45) is -0.319. The Morgan fingerprint density at radius 3 is 2.45 bits per heavy atom. The van der Waals surface area contributed by atoms with E-state index in [1.54, 1.807) is 11.7 Å². The molecule has 1 aromatic heterocycles. The van der Waals surface area contributed by atoms with E-state index < -0.39 is 16.0 Å². The van der Waals surface area contributed by atoms with E-state index in [0.717, 1.165) is 33.4 Å². The third-order valence-corrected chi connectivity index (χ3v) is 8.38. The summed E-state index contributed by atoms with van der Waals surface area (Å²) in [6.45, 7) is 0.196. The molecule has 0 radical (unpaired) electrons. The van der Waals surface area contributed by atoms with Gasteiger partial charge in [0.2, 0.25) is 5.16 Å². The predicted octanol–water partition coefficient (Wildman–Crippen LogP) is 5.69. The number of halogens is 3. The lowest BCUT2D eigenvalue weighted by Gasteiger charge is -2.36. The molecule has 0 bridgehead atoms. The summed E-state index contributed by atoms with van der Waals surface area (Å²) in [6, 6.07) is 23.5. The number of carbonyl (C=O) groups excluding carboxylic acids is 1. The third kappa shape index (κ3) is 7.82. The van der Waals surface area contributed by atoms with E-state index in [-0.39, 0.29) is 25.4 Å². The van der Waals surface area contributed by atoms with Crippen LogP contribution in [0.3, 0.4) is 0 Å². The van der Waals surface area contributed by atoms with Crippen LogP contribution in [0, 0.1) is 0 Å². The molecule has 0 unspecified atom stereocenters. The molecule has 1 aliphatic heterocycles. The average molecular weight is 649 g/mol. The molecule has 0 aliphatic carbocycles. The number of carbonyl (C=O) groups is 1. The summed E-state index contributed by atoms with van der Waals surface area (Å²) in [4.78, 5) is 12.0. The highest BCUT2D eigenvalue weighted by atomic mass is 35.6. The van der Waals surface area contributed by atoms with Crippen molar-refractivity contribution in [2.45, 2.75) is 47.0 Å². The Balaban J connectivity index is 1.36. The maximum absolute atomic E-state index is 12.0. The van der Waals surface area contributed by atoms with Crippen LogP contribution in [0.4, 0.5) is 0 Å². The van der Waals surface area contributed by atoms with Crippen LogP contribution in [0.2, 0.25) is 0 Å². The first-order valence-electron chi connectivity index (χ1n) is 13.1. The second-order valence-electron chi connectivity index (χ2n) is 9.75. The molecular weight excluding hydrogens is 621 g/mol. The van der Waals surface area contributed by atoms with E-state index in [9.17, 15) is 9.90 Å².